The van der Waals surface area contributed by atoms with Crippen LogP contribution in [0.5, 0.6) is 0 Å². The fourth-order valence-electron chi connectivity index (χ4n) is 4.25. The van der Waals surface area contributed by atoms with Crippen LogP contribution in [0.1, 0.15) is 29.7 Å². The summed E-state index contributed by atoms with van der Waals surface area (Å²) < 4.78 is 5.52. The Labute approximate surface area is 201 Å². The number of carboxylic acids is 1. The van der Waals surface area contributed by atoms with E-state index in [1.165, 1.54) is 19.4 Å². The van der Waals surface area contributed by atoms with Gasteiger partial charge in [0.25, 0.3) is 0 Å². The highest BCUT2D eigenvalue weighted by Gasteiger charge is 2.32. The molecule has 0 spiro atoms. The number of rotatable bonds is 9. The van der Waals surface area contributed by atoms with Crippen molar-refractivity contribution >= 4 is 18.0 Å². The maximum Gasteiger partial charge on any atom is 0.407 e. The molecule has 1 heterocycles. The van der Waals surface area contributed by atoms with Crippen LogP contribution >= 0.6 is 0 Å². The van der Waals surface area contributed by atoms with Crippen LogP contribution in [0.25, 0.3) is 11.1 Å². The molecule has 3 atom stereocenters. The first-order chi connectivity index (χ1) is 16.8. The van der Waals surface area contributed by atoms with Crippen molar-refractivity contribution in [3.63, 3.8) is 0 Å². The molecular weight excluding hydrogens is 452 g/mol. The summed E-state index contributed by atoms with van der Waals surface area (Å²) in [5.41, 5.74) is 4.83. The maximum atomic E-state index is 12.8. The maximum absolute atomic E-state index is 12.8. The van der Waals surface area contributed by atoms with Crippen molar-refractivity contribution in [1.82, 2.24) is 20.6 Å². The van der Waals surface area contributed by atoms with E-state index >= 15 is 0 Å². The van der Waals surface area contributed by atoms with Gasteiger partial charge >= 0.3 is 12.1 Å². The lowest BCUT2D eigenvalue weighted by atomic mass is 9.98. The number of aromatic amines is 1. The molecule has 0 radical (unpaired) electrons. The number of aliphatic carboxylic acids is 1. The first kappa shape index (κ1) is 24.0. The third-order valence-corrected chi connectivity index (χ3v) is 5.98. The largest absolute Gasteiger partial charge is 0.480 e. The van der Waals surface area contributed by atoms with Gasteiger partial charge < -0.3 is 30.6 Å². The van der Waals surface area contributed by atoms with Crippen molar-refractivity contribution in [2.45, 2.75) is 37.5 Å². The number of hydrogen-bond acceptors (Lipinski definition) is 6. The first-order valence-corrected chi connectivity index (χ1v) is 11.1. The molecule has 1 aliphatic carbocycles. The number of nitrogens with one attached hydrogen (secondary N) is 3. The Bertz CT molecular complexity index is 1160. The fourth-order valence-corrected chi connectivity index (χ4v) is 4.25. The number of benzene rings is 2. The molecule has 3 aromatic rings. The molecular formula is C25H26N4O6. The third-order valence-electron chi connectivity index (χ3n) is 5.98. The highest BCUT2D eigenvalue weighted by Crippen LogP contribution is 2.44. The summed E-state index contributed by atoms with van der Waals surface area (Å²) >= 11 is 0. The monoisotopic (exact) mass is 478 g/mol. The number of carbonyl (C=O) groups is 3. The SMILES string of the molecule is CC(O)C(NC(=O)[C@@H](Cc1cnc[nH]1)NC(=O)OCC1c2ccccc2-c2ccccc21)C(=O)O. The van der Waals surface area contributed by atoms with E-state index in [0.29, 0.717) is 5.69 Å². The molecule has 4 rings (SSSR count). The Morgan fingerprint density at radius 2 is 1.69 bits per heavy atom. The number of carboxylic acid groups (broad SMARTS) is 1. The lowest BCUT2D eigenvalue weighted by molar-refractivity contribution is -0.145. The summed E-state index contributed by atoms with van der Waals surface area (Å²) in [5.74, 6) is -2.32. The number of H-pyrrole nitrogens is 1. The molecule has 10 heteroatoms. The minimum Gasteiger partial charge on any atom is -0.480 e. The van der Waals surface area contributed by atoms with Gasteiger partial charge in [-0.1, -0.05) is 48.5 Å². The smallest absolute Gasteiger partial charge is 0.407 e. The Morgan fingerprint density at radius 3 is 2.23 bits per heavy atom. The molecule has 35 heavy (non-hydrogen) atoms. The molecule has 0 fully saturated rings. The van der Waals surface area contributed by atoms with E-state index in [9.17, 15) is 24.6 Å². The standard InChI is InChI=1S/C25H26N4O6/c1-14(30)22(24(32)33)29-23(31)21(10-15-11-26-13-27-15)28-25(34)35-12-20-18-8-4-2-6-16(18)17-7-3-5-9-19(17)20/h2-9,11,13-14,20-22,30H,10,12H2,1H3,(H,26,27)(H,28,34)(H,29,31)(H,32,33)/t14?,21-,22?/m1/s1. The number of carbonyl (C=O) groups excluding carboxylic acids is 2. The summed E-state index contributed by atoms with van der Waals surface area (Å²) in [6, 6.07) is 13.1. The Kier molecular flexibility index (Phi) is 7.11. The first-order valence-electron chi connectivity index (χ1n) is 11.1. The van der Waals surface area contributed by atoms with Crippen LogP contribution in [0.3, 0.4) is 0 Å². The minimum atomic E-state index is -1.53. The predicted octanol–water partition coefficient (Wildman–Crippen LogP) is 1.81. The molecule has 1 aromatic heterocycles. The quantitative estimate of drug-likeness (QED) is 0.314. The van der Waals surface area contributed by atoms with Crippen LogP contribution in [0.4, 0.5) is 4.79 Å². The summed E-state index contributed by atoms with van der Waals surface area (Å²) in [5, 5.41) is 23.7. The zero-order valence-electron chi connectivity index (χ0n) is 19.0. The van der Waals surface area contributed by atoms with Gasteiger partial charge in [-0.3, -0.25) is 4.79 Å². The molecule has 2 aromatic carbocycles. The van der Waals surface area contributed by atoms with Gasteiger partial charge in [0.1, 0.15) is 12.6 Å². The van der Waals surface area contributed by atoms with E-state index in [0.717, 1.165) is 22.3 Å². The second-order valence-electron chi connectivity index (χ2n) is 8.37. The second-order valence-corrected chi connectivity index (χ2v) is 8.37. The van der Waals surface area contributed by atoms with Crippen LogP contribution in [0.15, 0.2) is 61.1 Å². The average molecular weight is 479 g/mol. The number of aliphatic hydroxyl groups is 1. The molecule has 0 saturated carbocycles. The van der Waals surface area contributed by atoms with E-state index in [4.69, 9.17) is 4.74 Å². The van der Waals surface area contributed by atoms with Crippen molar-refractivity contribution in [1.29, 1.82) is 0 Å². The molecule has 0 bridgehead atoms. The van der Waals surface area contributed by atoms with Crippen molar-refractivity contribution in [2.24, 2.45) is 0 Å². The van der Waals surface area contributed by atoms with Gasteiger partial charge in [0.05, 0.1) is 12.4 Å². The van der Waals surface area contributed by atoms with Gasteiger partial charge in [-0.05, 0) is 29.2 Å². The number of amides is 2. The molecule has 2 amide bonds. The average Bonchev–Trinajstić information content (AvgIpc) is 3.46. The van der Waals surface area contributed by atoms with Gasteiger partial charge in [-0.2, -0.15) is 0 Å². The Morgan fingerprint density at radius 1 is 1.06 bits per heavy atom. The number of fused-ring (bicyclic) bond motifs is 3. The highest BCUT2D eigenvalue weighted by atomic mass is 16.5. The van der Waals surface area contributed by atoms with Gasteiger partial charge in [0, 0.05) is 24.2 Å². The number of aliphatic hydroxyl groups excluding tert-OH is 1. The van der Waals surface area contributed by atoms with Crippen LogP contribution < -0.4 is 10.6 Å². The topological polar surface area (TPSA) is 154 Å². The van der Waals surface area contributed by atoms with E-state index in [-0.39, 0.29) is 18.9 Å². The van der Waals surface area contributed by atoms with Crippen molar-refractivity contribution in [3.8, 4) is 11.1 Å². The van der Waals surface area contributed by atoms with E-state index in [1.54, 1.807) is 0 Å². The predicted molar refractivity (Wildman–Crippen MR) is 126 cm³/mol. The van der Waals surface area contributed by atoms with Crippen LogP contribution in [0, 0.1) is 0 Å². The van der Waals surface area contributed by atoms with E-state index in [2.05, 4.69) is 20.6 Å². The van der Waals surface area contributed by atoms with Crippen molar-refractivity contribution in [2.75, 3.05) is 6.61 Å². The summed E-state index contributed by atoms with van der Waals surface area (Å²) in [6.07, 6.45) is 0.771. The van der Waals surface area contributed by atoms with Crippen LogP contribution in [0.2, 0.25) is 0 Å². The molecule has 1 aliphatic rings. The summed E-state index contributed by atoms with van der Waals surface area (Å²) in [4.78, 5) is 43.7. The Balaban J connectivity index is 1.45. The number of alkyl carbamates (subject to hydrolysis) is 1. The zero-order chi connectivity index (χ0) is 24.9. The fraction of sp³-hybridized carbons (Fsp3) is 0.280. The minimum absolute atomic E-state index is 0.0160. The van der Waals surface area contributed by atoms with Crippen molar-refractivity contribution < 1.29 is 29.3 Å². The van der Waals surface area contributed by atoms with Gasteiger partial charge in [0.15, 0.2) is 6.04 Å². The third kappa shape index (κ3) is 5.33. The highest BCUT2D eigenvalue weighted by molar-refractivity contribution is 5.89. The number of imidazole rings is 1. The number of aromatic nitrogens is 2. The molecule has 2 unspecified atom stereocenters. The molecule has 182 valence electrons. The lowest BCUT2D eigenvalue weighted by Crippen LogP contribution is -2.55. The van der Waals surface area contributed by atoms with Gasteiger partial charge in [-0.25, -0.2) is 14.6 Å². The molecule has 0 saturated heterocycles. The van der Waals surface area contributed by atoms with Crippen molar-refractivity contribution in [3.05, 3.63) is 77.9 Å². The second kappa shape index (κ2) is 10.4. The van der Waals surface area contributed by atoms with Crippen LogP contribution in [-0.4, -0.2) is 62.9 Å². The van der Waals surface area contributed by atoms with Gasteiger partial charge in [-0.15, -0.1) is 0 Å². The number of ether oxygens (including phenoxy) is 1. The van der Waals surface area contributed by atoms with E-state index < -0.39 is 36.2 Å². The summed E-state index contributed by atoms with van der Waals surface area (Å²) in [7, 11) is 0. The number of nitrogens with zero attached hydrogens (tertiary/aromatic N) is 1. The number of hydrogen-bond donors (Lipinski definition) is 5. The van der Waals surface area contributed by atoms with E-state index in [1.807, 2.05) is 48.5 Å². The summed E-state index contributed by atoms with van der Waals surface area (Å²) in [6.45, 7) is 1.31. The molecule has 5 N–H and O–H groups in total. The lowest BCUT2D eigenvalue weighted by Gasteiger charge is -2.22. The normalized spacial score (nSPS) is 14.8. The molecule has 10 nitrogen and oxygen atoms in total. The molecule has 0 aliphatic heterocycles. The zero-order valence-corrected chi connectivity index (χ0v) is 19.0. The van der Waals surface area contributed by atoms with Crippen LogP contribution in [-0.2, 0) is 20.7 Å². The van der Waals surface area contributed by atoms with Gasteiger partial charge in [0.2, 0.25) is 5.91 Å². The Hall–Kier alpha value is -4.18.